The predicted molar refractivity (Wildman–Crippen MR) is 62.5 cm³/mol. The van der Waals surface area contributed by atoms with E-state index in [0.29, 0.717) is 5.92 Å². The molecule has 2 aliphatic carbocycles. The molecule has 1 aromatic carbocycles. The third kappa shape index (κ3) is 1.75. The second-order valence-electron chi connectivity index (χ2n) is 5.54. The standard InChI is InChI=1S/C14H18FN/c15-12-6-1-3-10(7-12)8-14(16)9-13(14)11-4-2-5-11/h1,3,6-7,11,13H,2,4-5,8-9,16H2. The highest BCUT2D eigenvalue weighted by Gasteiger charge is 2.55. The molecule has 3 rings (SSSR count). The van der Waals surface area contributed by atoms with E-state index in [1.54, 1.807) is 12.1 Å². The van der Waals surface area contributed by atoms with Crippen LogP contribution in [0, 0.1) is 17.7 Å². The summed E-state index contributed by atoms with van der Waals surface area (Å²) in [6.45, 7) is 0. The van der Waals surface area contributed by atoms with E-state index >= 15 is 0 Å². The van der Waals surface area contributed by atoms with Crippen LogP contribution in [0.25, 0.3) is 0 Å². The van der Waals surface area contributed by atoms with E-state index in [0.717, 1.165) is 24.3 Å². The van der Waals surface area contributed by atoms with Crippen molar-refractivity contribution in [2.24, 2.45) is 17.6 Å². The maximum atomic E-state index is 13.1. The van der Waals surface area contributed by atoms with Crippen LogP contribution in [0.15, 0.2) is 24.3 Å². The van der Waals surface area contributed by atoms with Crippen LogP contribution in [-0.4, -0.2) is 5.54 Å². The van der Waals surface area contributed by atoms with E-state index in [9.17, 15) is 4.39 Å². The molecule has 1 nitrogen and oxygen atoms in total. The van der Waals surface area contributed by atoms with E-state index in [-0.39, 0.29) is 11.4 Å². The molecule has 0 amide bonds. The fraction of sp³-hybridized carbons (Fsp3) is 0.571. The zero-order valence-corrected chi connectivity index (χ0v) is 9.45. The first kappa shape index (κ1) is 10.3. The molecule has 0 radical (unpaired) electrons. The van der Waals surface area contributed by atoms with Gasteiger partial charge in [0.1, 0.15) is 5.82 Å². The lowest BCUT2D eigenvalue weighted by Crippen LogP contribution is -2.32. The van der Waals surface area contributed by atoms with Gasteiger partial charge in [-0.25, -0.2) is 4.39 Å². The zero-order valence-electron chi connectivity index (χ0n) is 9.45. The number of hydrogen-bond acceptors (Lipinski definition) is 1. The average molecular weight is 219 g/mol. The van der Waals surface area contributed by atoms with Crippen LogP contribution >= 0.6 is 0 Å². The van der Waals surface area contributed by atoms with Crippen molar-refractivity contribution in [3.05, 3.63) is 35.6 Å². The van der Waals surface area contributed by atoms with Gasteiger partial charge in [-0.1, -0.05) is 31.4 Å². The molecule has 1 aromatic rings. The van der Waals surface area contributed by atoms with Crippen LogP contribution in [0.2, 0.25) is 0 Å². The minimum absolute atomic E-state index is 0.0289. The zero-order chi connectivity index (χ0) is 11.2. The second kappa shape index (κ2) is 3.56. The van der Waals surface area contributed by atoms with Crippen LogP contribution in [0.4, 0.5) is 4.39 Å². The van der Waals surface area contributed by atoms with E-state index in [4.69, 9.17) is 5.73 Å². The van der Waals surface area contributed by atoms with Gasteiger partial charge in [0.15, 0.2) is 0 Å². The molecule has 0 bridgehead atoms. The molecule has 0 aromatic heterocycles. The molecular weight excluding hydrogens is 201 g/mol. The molecule has 0 saturated heterocycles. The molecule has 2 fully saturated rings. The predicted octanol–water partition coefficient (Wildman–Crippen LogP) is 2.89. The fourth-order valence-corrected chi connectivity index (χ4v) is 3.06. The Kier molecular flexibility index (Phi) is 2.28. The summed E-state index contributed by atoms with van der Waals surface area (Å²) in [6, 6.07) is 6.86. The minimum Gasteiger partial charge on any atom is -0.325 e. The largest absolute Gasteiger partial charge is 0.325 e. The first-order valence-corrected chi connectivity index (χ1v) is 6.21. The van der Waals surface area contributed by atoms with E-state index in [1.165, 1.54) is 25.3 Å². The van der Waals surface area contributed by atoms with Gasteiger partial charge < -0.3 is 5.73 Å². The minimum atomic E-state index is -0.151. The Morgan fingerprint density at radius 2 is 2.19 bits per heavy atom. The molecule has 2 N–H and O–H groups in total. The van der Waals surface area contributed by atoms with Crippen molar-refractivity contribution in [3.63, 3.8) is 0 Å². The van der Waals surface area contributed by atoms with Gasteiger partial charge in [-0.15, -0.1) is 0 Å². The molecule has 86 valence electrons. The highest BCUT2D eigenvalue weighted by atomic mass is 19.1. The van der Waals surface area contributed by atoms with Gasteiger partial charge in [-0.3, -0.25) is 0 Å². The lowest BCUT2D eigenvalue weighted by molar-refractivity contribution is 0.257. The summed E-state index contributed by atoms with van der Waals surface area (Å²) in [5, 5.41) is 0. The van der Waals surface area contributed by atoms with Crippen molar-refractivity contribution in [2.45, 2.75) is 37.6 Å². The Balaban J connectivity index is 1.67. The summed E-state index contributed by atoms with van der Waals surface area (Å²) < 4.78 is 13.1. The van der Waals surface area contributed by atoms with Crippen LogP contribution in [0.3, 0.4) is 0 Å². The summed E-state index contributed by atoms with van der Waals surface area (Å²) in [6.07, 6.45) is 6.05. The van der Waals surface area contributed by atoms with Crippen molar-refractivity contribution < 1.29 is 4.39 Å². The van der Waals surface area contributed by atoms with Gasteiger partial charge in [0.05, 0.1) is 0 Å². The van der Waals surface area contributed by atoms with Gasteiger partial charge in [0, 0.05) is 5.54 Å². The van der Waals surface area contributed by atoms with Crippen LogP contribution < -0.4 is 5.73 Å². The Bertz CT molecular complexity index is 399. The van der Waals surface area contributed by atoms with Crippen LogP contribution in [0.1, 0.15) is 31.2 Å². The number of benzene rings is 1. The van der Waals surface area contributed by atoms with Crippen molar-refractivity contribution in [2.75, 3.05) is 0 Å². The molecule has 0 aliphatic heterocycles. The van der Waals surface area contributed by atoms with Crippen molar-refractivity contribution in [3.8, 4) is 0 Å². The van der Waals surface area contributed by atoms with Crippen molar-refractivity contribution in [1.29, 1.82) is 0 Å². The number of rotatable bonds is 3. The van der Waals surface area contributed by atoms with Gasteiger partial charge >= 0.3 is 0 Å². The van der Waals surface area contributed by atoms with Crippen molar-refractivity contribution in [1.82, 2.24) is 0 Å². The summed E-state index contributed by atoms with van der Waals surface area (Å²) in [7, 11) is 0. The maximum absolute atomic E-state index is 13.1. The monoisotopic (exact) mass is 219 g/mol. The quantitative estimate of drug-likeness (QED) is 0.831. The highest BCUT2D eigenvalue weighted by Crippen LogP contribution is 2.54. The highest BCUT2D eigenvalue weighted by molar-refractivity contribution is 5.24. The van der Waals surface area contributed by atoms with E-state index in [1.807, 2.05) is 6.07 Å². The van der Waals surface area contributed by atoms with Crippen molar-refractivity contribution >= 4 is 0 Å². The first-order valence-electron chi connectivity index (χ1n) is 6.21. The Morgan fingerprint density at radius 1 is 1.38 bits per heavy atom. The van der Waals surface area contributed by atoms with E-state index in [2.05, 4.69) is 0 Å². The maximum Gasteiger partial charge on any atom is 0.123 e. The first-order chi connectivity index (χ1) is 7.67. The topological polar surface area (TPSA) is 26.0 Å². The van der Waals surface area contributed by atoms with Gasteiger partial charge in [0.2, 0.25) is 0 Å². The Hall–Kier alpha value is -0.890. The molecular formula is C14H18FN. The fourth-order valence-electron chi connectivity index (χ4n) is 3.06. The summed E-state index contributed by atoms with van der Waals surface area (Å²) >= 11 is 0. The normalized spacial score (nSPS) is 33.5. The molecule has 0 spiro atoms. The lowest BCUT2D eigenvalue weighted by Gasteiger charge is -2.27. The molecule has 0 heterocycles. The third-order valence-electron chi connectivity index (χ3n) is 4.32. The summed E-state index contributed by atoms with van der Waals surface area (Å²) in [5.74, 6) is 1.41. The number of nitrogens with two attached hydrogens (primary N) is 1. The smallest absolute Gasteiger partial charge is 0.123 e. The van der Waals surface area contributed by atoms with Gasteiger partial charge in [-0.2, -0.15) is 0 Å². The van der Waals surface area contributed by atoms with Gasteiger partial charge in [-0.05, 0) is 42.4 Å². The SMILES string of the molecule is NC1(Cc2cccc(F)c2)CC1C1CCC1. The Labute approximate surface area is 95.8 Å². The summed E-state index contributed by atoms with van der Waals surface area (Å²) in [5.41, 5.74) is 7.38. The third-order valence-corrected chi connectivity index (χ3v) is 4.32. The molecule has 2 atom stereocenters. The molecule has 2 saturated carbocycles. The molecule has 16 heavy (non-hydrogen) atoms. The second-order valence-corrected chi connectivity index (χ2v) is 5.54. The number of hydrogen-bond donors (Lipinski definition) is 1. The van der Waals surface area contributed by atoms with E-state index < -0.39 is 0 Å². The Morgan fingerprint density at radius 3 is 2.81 bits per heavy atom. The lowest BCUT2D eigenvalue weighted by atomic mass is 9.79. The van der Waals surface area contributed by atoms with Gasteiger partial charge in [0.25, 0.3) is 0 Å². The summed E-state index contributed by atoms with van der Waals surface area (Å²) in [4.78, 5) is 0. The molecule has 2 unspecified atom stereocenters. The van der Waals surface area contributed by atoms with Crippen LogP contribution in [0.5, 0.6) is 0 Å². The molecule has 2 aliphatic rings. The number of halogens is 1. The average Bonchev–Trinajstić information content (AvgIpc) is 2.73. The van der Waals surface area contributed by atoms with Crippen LogP contribution in [-0.2, 0) is 6.42 Å². The molecule has 2 heteroatoms.